The third kappa shape index (κ3) is 4.34. The molecule has 1 amide bonds. The van der Waals surface area contributed by atoms with Crippen molar-refractivity contribution in [3.05, 3.63) is 29.3 Å². The molecule has 1 aliphatic heterocycles. The number of sulfonamides is 1. The molecule has 0 spiro atoms. The Bertz CT molecular complexity index is 695. The van der Waals surface area contributed by atoms with Crippen LogP contribution in [0.25, 0.3) is 0 Å². The number of nitrogens with one attached hydrogen (secondary N) is 1. The molecule has 7 heteroatoms. The minimum absolute atomic E-state index is 0.153. The fourth-order valence-electron chi connectivity index (χ4n) is 2.68. The lowest BCUT2D eigenvalue weighted by Crippen LogP contribution is -2.53. The molecule has 0 aromatic heterocycles. The Kier molecular flexibility index (Phi) is 6.01. The molecule has 0 aliphatic carbocycles. The predicted molar refractivity (Wildman–Crippen MR) is 92.3 cm³/mol. The Hall–Kier alpha value is -1.44. The lowest BCUT2D eigenvalue weighted by molar-refractivity contribution is -0.138. The van der Waals surface area contributed by atoms with Gasteiger partial charge in [0, 0.05) is 13.1 Å². The van der Waals surface area contributed by atoms with Gasteiger partial charge in [-0.2, -0.15) is 4.72 Å². The molecule has 1 aromatic carbocycles. The van der Waals surface area contributed by atoms with Gasteiger partial charge >= 0.3 is 0 Å². The van der Waals surface area contributed by atoms with Gasteiger partial charge in [0.15, 0.2) is 0 Å². The number of morpholine rings is 1. The van der Waals surface area contributed by atoms with Crippen LogP contribution < -0.4 is 4.72 Å². The molecule has 0 saturated carbocycles. The molecule has 1 heterocycles. The predicted octanol–water partition coefficient (Wildman–Crippen LogP) is 1.47. The normalized spacial score (nSPS) is 17.1. The monoisotopic (exact) mass is 354 g/mol. The summed E-state index contributed by atoms with van der Waals surface area (Å²) in [4.78, 5) is 14.6. The topological polar surface area (TPSA) is 75.7 Å². The molecule has 0 unspecified atom stereocenters. The van der Waals surface area contributed by atoms with E-state index in [0.29, 0.717) is 31.9 Å². The van der Waals surface area contributed by atoms with Gasteiger partial charge in [-0.3, -0.25) is 4.79 Å². The Balaban J connectivity index is 2.26. The first kappa shape index (κ1) is 18.9. The van der Waals surface area contributed by atoms with E-state index in [0.717, 1.165) is 5.56 Å². The van der Waals surface area contributed by atoms with Crippen molar-refractivity contribution in [2.75, 3.05) is 26.3 Å². The molecule has 1 atom stereocenters. The summed E-state index contributed by atoms with van der Waals surface area (Å²) in [5.74, 6) is -0.345. The Morgan fingerprint density at radius 2 is 1.83 bits per heavy atom. The zero-order valence-electron chi connectivity index (χ0n) is 14.7. The molecule has 1 fully saturated rings. The van der Waals surface area contributed by atoms with Crippen molar-refractivity contribution in [2.24, 2.45) is 5.92 Å². The van der Waals surface area contributed by atoms with Gasteiger partial charge in [-0.1, -0.05) is 26.0 Å². The number of amides is 1. The van der Waals surface area contributed by atoms with Crippen LogP contribution in [-0.4, -0.2) is 51.6 Å². The highest BCUT2D eigenvalue weighted by atomic mass is 32.2. The molecule has 24 heavy (non-hydrogen) atoms. The van der Waals surface area contributed by atoms with Crippen LogP contribution in [0, 0.1) is 19.8 Å². The summed E-state index contributed by atoms with van der Waals surface area (Å²) < 4.78 is 33.5. The van der Waals surface area contributed by atoms with Gasteiger partial charge in [0.05, 0.1) is 18.1 Å². The summed E-state index contributed by atoms with van der Waals surface area (Å²) >= 11 is 0. The Morgan fingerprint density at radius 3 is 2.42 bits per heavy atom. The van der Waals surface area contributed by atoms with Crippen LogP contribution in [0.4, 0.5) is 0 Å². The average Bonchev–Trinajstić information content (AvgIpc) is 2.54. The maximum Gasteiger partial charge on any atom is 0.241 e. The van der Waals surface area contributed by atoms with Gasteiger partial charge in [-0.15, -0.1) is 0 Å². The van der Waals surface area contributed by atoms with Crippen LogP contribution in [-0.2, 0) is 19.6 Å². The average molecular weight is 354 g/mol. The second-order valence-corrected chi connectivity index (χ2v) is 8.23. The van der Waals surface area contributed by atoms with E-state index in [2.05, 4.69) is 4.72 Å². The largest absolute Gasteiger partial charge is 0.378 e. The van der Waals surface area contributed by atoms with Crippen molar-refractivity contribution in [1.29, 1.82) is 0 Å². The van der Waals surface area contributed by atoms with Crippen LogP contribution in [0.5, 0.6) is 0 Å². The SMILES string of the molecule is Cc1ccc(C)c(S(=O)(=O)N[C@H](C(=O)N2CCOCC2)C(C)C)c1. The highest BCUT2D eigenvalue weighted by molar-refractivity contribution is 7.89. The van der Waals surface area contributed by atoms with E-state index in [9.17, 15) is 13.2 Å². The van der Waals surface area contributed by atoms with Gasteiger partial charge in [0.2, 0.25) is 15.9 Å². The number of rotatable bonds is 5. The van der Waals surface area contributed by atoms with Crippen molar-refractivity contribution in [2.45, 2.75) is 38.6 Å². The zero-order valence-corrected chi connectivity index (χ0v) is 15.5. The second kappa shape index (κ2) is 7.63. The summed E-state index contributed by atoms with van der Waals surface area (Å²) in [6.07, 6.45) is 0. The first-order chi connectivity index (χ1) is 11.2. The number of benzene rings is 1. The van der Waals surface area contributed by atoms with E-state index in [4.69, 9.17) is 4.74 Å². The molecule has 1 N–H and O–H groups in total. The molecule has 1 saturated heterocycles. The maximum atomic E-state index is 12.8. The van der Waals surface area contributed by atoms with Crippen LogP contribution in [0.2, 0.25) is 0 Å². The molecule has 134 valence electrons. The summed E-state index contributed by atoms with van der Waals surface area (Å²) in [7, 11) is -3.77. The first-order valence-electron chi connectivity index (χ1n) is 8.18. The molecular weight excluding hydrogens is 328 g/mol. The third-order valence-corrected chi connectivity index (χ3v) is 5.75. The van der Waals surface area contributed by atoms with E-state index in [1.54, 1.807) is 24.0 Å². The van der Waals surface area contributed by atoms with Crippen molar-refractivity contribution >= 4 is 15.9 Å². The molecule has 0 radical (unpaired) electrons. The third-order valence-electron chi connectivity index (χ3n) is 4.17. The number of ether oxygens (including phenoxy) is 1. The van der Waals surface area contributed by atoms with Gasteiger partial charge in [0.25, 0.3) is 0 Å². The number of hydrogen-bond acceptors (Lipinski definition) is 4. The zero-order chi connectivity index (χ0) is 17.9. The van der Waals surface area contributed by atoms with Crippen molar-refractivity contribution < 1.29 is 17.9 Å². The molecule has 6 nitrogen and oxygen atoms in total. The van der Waals surface area contributed by atoms with E-state index < -0.39 is 16.1 Å². The molecule has 1 aromatic rings. The highest BCUT2D eigenvalue weighted by Gasteiger charge is 2.32. The highest BCUT2D eigenvalue weighted by Crippen LogP contribution is 2.19. The number of hydrogen-bond donors (Lipinski definition) is 1. The maximum absolute atomic E-state index is 12.8. The van der Waals surface area contributed by atoms with Gasteiger partial charge < -0.3 is 9.64 Å². The van der Waals surface area contributed by atoms with E-state index in [1.807, 2.05) is 26.8 Å². The summed E-state index contributed by atoms with van der Waals surface area (Å²) in [5.41, 5.74) is 1.52. The fourth-order valence-corrected chi connectivity index (χ4v) is 4.35. The first-order valence-corrected chi connectivity index (χ1v) is 9.67. The standard InChI is InChI=1S/C17H26N2O4S/c1-12(2)16(17(20)19-7-9-23-10-8-19)18-24(21,22)15-11-13(3)5-6-14(15)4/h5-6,11-12,16,18H,7-10H2,1-4H3/t16-/m0/s1. The molecular formula is C17H26N2O4S. The van der Waals surface area contributed by atoms with Crippen molar-refractivity contribution in [3.63, 3.8) is 0 Å². The van der Waals surface area contributed by atoms with Gasteiger partial charge in [-0.05, 0) is 37.0 Å². The fraction of sp³-hybridized carbons (Fsp3) is 0.588. The van der Waals surface area contributed by atoms with Crippen molar-refractivity contribution in [1.82, 2.24) is 9.62 Å². The smallest absolute Gasteiger partial charge is 0.241 e. The molecule has 2 rings (SSSR count). The lowest BCUT2D eigenvalue weighted by Gasteiger charge is -2.32. The van der Waals surface area contributed by atoms with Gasteiger partial charge in [-0.25, -0.2) is 8.42 Å². The second-order valence-electron chi connectivity index (χ2n) is 6.55. The summed E-state index contributed by atoms with van der Waals surface area (Å²) in [5, 5.41) is 0. The van der Waals surface area contributed by atoms with E-state index >= 15 is 0 Å². The summed E-state index contributed by atoms with van der Waals surface area (Å²) in [6.45, 7) is 9.24. The van der Waals surface area contributed by atoms with Crippen LogP contribution in [0.3, 0.4) is 0 Å². The van der Waals surface area contributed by atoms with E-state index in [-0.39, 0.29) is 16.7 Å². The quantitative estimate of drug-likeness (QED) is 0.869. The minimum atomic E-state index is -3.77. The Labute approximate surface area is 144 Å². The summed E-state index contributed by atoms with van der Waals surface area (Å²) in [6, 6.07) is 4.49. The van der Waals surface area contributed by atoms with Crippen LogP contribution in [0.1, 0.15) is 25.0 Å². The van der Waals surface area contributed by atoms with Crippen LogP contribution >= 0.6 is 0 Å². The van der Waals surface area contributed by atoms with E-state index in [1.165, 1.54) is 0 Å². The number of aryl methyl sites for hydroxylation is 2. The number of carbonyl (C=O) groups is 1. The molecule has 0 bridgehead atoms. The number of carbonyl (C=O) groups excluding carboxylic acids is 1. The number of nitrogens with zero attached hydrogens (tertiary/aromatic N) is 1. The Morgan fingerprint density at radius 1 is 1.21 bits per heavy atom. The molecule has 1 aliphatic rings. The van der Waals surface area contributed by atoms with Gasteiger partial charge in [0.1, 0.15) is 6.04 Å². The van der Waals surface area contributed by atoms with Crippen LogP contribution in [0.15, 0.2) is 23.1 Å². The minimum Gasteiger partial charge on any atom is -0.378 e. The lowest BCUT2D eigenvalue weighted by atomic mass is 10.0. The van der Waals surface area contributed by atoms with Crippen molar-refractivity contribution in [3.8, 4) is 0 Å².